The van der Waals surface area contributed by atoms with Crippen LogP contribution in [-0.2, 0) is 4.74 Å². The minimum Gasteiger partial charge on any atom is -0.380 e. The van der Waals surface area contributed by atoms with Gasteiger partial charge in [0.1, 0.15) is 0 Å². The number of nitrogens with one attached hydrogen (secondary N) is 1. The van der Waals surface area contributed by atoms with Crippen LogP contribution in [0, 0.1) is 0 Å². The van der Waals surface area contributed by atoms with E-state index >= 15 is 0 Å². The van der Waals surface area contributed by atoms with E-state index in [0.717, 1.165) is 6.04 Å². The normalized spacial score (nSPS) is 34.2. The molecular weight excluding hydrogens is 186 g/mol. The molecule has 1 N–H and O–H groups in total. The summed E-state index contributed by atoms with van der Waals surface area (Å²) in [5.74, 6) is 0. The third kappa shape index (κ3) is 3.18. The predicted octanol–water partition coefficient (Wildman–Crippen LogP) is 2.87. The quantitative estimate of drug-likeness (QED) is 0.775. The first-order valence-electron chi connectivity index (χ1n) is 6.69. The van der Waals surface area contributed by atoms with Crippen LogP contribution in [0.15, 0.2) is 0 Å². The molecule has 0 radical (unpaired) electrons. The lowest BCUT2D eigenvalue weighted by atomic mass is 9.89. The Hall–Kier alpha value is -0.0800. The van der Waals surface area contributed by atoms with Gasteiger partial charge in [-0.2, -0.15) is 0 Å². The Kier molecular flexibility index (Phi) is 4.45. The summed E-state index contributed by atoms with van der Waals surface area (Å²) in [6, 6.07) is 1.41. The van der Waals surface area contributed by atoms with Gasteiger partial charge in [-0.15, -0.1) is 0 Å². The molecule has 0 aliphatic heterocycles. The van der Waals surface area contributed by atoms with Crippen LogP contribution < -0.4 is 5.32 Å². The molecule has 2 atom stereocenters. The Morgan fingerprint density at radius 3 is 2.27 bits per heavy atom. The van der Waals surface area contributed by atoms with Crippen molar-refractivity contribution in [2.45, 2.75) is 76.0 Å². The molecule has 15 heavy (non-hydrogen) atoms. The summed E-state index contributed by atoms with van der Waals surface area (Å²) >= 11 is 0. The summed E-state index contributed by atoms with van der Waals surface area (Å²) in [5.41, 5.74) is 0. The molecule has 2 aliphatic rings. The van der Waals surface area contributed by atoms with Gasteiger partial charge in [-0.05, 0) is 25.7 Å². The fraction of sp³-hybridized carbons (Fsp3) is 1.00. The second-order valence-corrected chi connectivity index (χ2v) is 5.17. The van der Waals surface area contributed by atoms with Crippen molar-refractivity contribution in [2.24, 2.45) is 0 Å². The third-order valence-corrected chi connectivity index (χ3v) is 4.06. The van der Waals surface area contributed by atoms with Gasteiger partial charge in [0.05, 0.1) is 6.10 Å². The average molecular weight is 211 g/mol. The molecule has 2 unspecified atom stereocenters. The molecule has 0 amide bonds. The van der Waals surface area contributed by atoms with Gasteiger partial charge in [0.15, 0.2) is 0 Å². The standard InChI is InChI=1S/C13H25NO/c1-15-13-10-6-5-9-12(13)14-11-7-3-2-4-8-11/h11-14H,2-10H2,1H3. The highest BCUT2D eigenvalue weighted by atomic mass is 16.5. The monoisotopic (exact) mass is 211 g/mol. The fourth-order valence-corrected chi connectivity index (χ4v) is 3.14. The van der Waals surface area contributed by atoms with E-state index in [1.807, 2.05) is 7.11 Å². The molecule has 2 heteroatoms. The Morgan fingerprint density at radius 1 is 0.867 bits per heavy atom. The van der Waals surface area contributed by atoms with Gasteiger partial charge in [0, 0.05) is 19.2 Å². The summed E-state index contributed by atoms with van der Waals surface area (Å²) in [5, 5.41) is 3.83. The first-order valence-corrected chi connectivity index (χ1v) is 6.69. The van der Waals surface area contributed by atoms with Gasteiger partial charge in [0.2, 0.25) is 0 Å². The van der Waals surface area contributed by atoms with E-state index in [9.17, 15) is 0 Å². The average Bonchev–Trinajstić information content (AvgIpc) is 2.31. The number of rotatable bonds is 3. The Labute approximate surface area is 93.8 Å². The smallest absolute Gasteiger partial charge is 0.0724 e. The molecule has 0 spiro atoms. The van der Waals surface area contributed by atoms with Crippen molar-refractivity contribution in [2.75, 3.05) is 7.11 Å². The molecule has 2 aliphatic carbocycles. The molecule has 2 nitrogen and oxygen atoms in total. The lowest BCUT2D eigenvalue weighted by molar-refractivity contribution is 0.0358. The highest BCUT2D eigenvalue weighted by Gasteiger charge is 2.27. The number of hydrogen-bond donors (Lipinski definition) is 1. The number of ether oxygens (including phenoxy) is 1. The summed E-state index contributed by atoms with van der Waals surface area (Å²) in [7, 11) is 1.87. The van der Waals surface area contributed by atoms with Crippen molar-refractivity contribution in [3.05, 3.63) is 0 Å². The highest BCUT2D eigenvalue weighted by molar-refractivity contribution is 4.85. The maximum absolute atomic E-state index is 5.58. The second kappa shape index (κ2) is 5.86. The second-order valence-electron chi connectivity index (χ2n) is 5.17. The maximum Gasteiger partial charge on any atom is 0.0724 e. The molecule has 0 aromatic heterocycles. The zero-order valence-electron chi connectivity index (χ0n) is 10.0. The van der Waals surface area contributed by atoms with E-state index in [2.05, 4.69) is 5.32 Å². The summed E-state index contributed by atoms with van der Waals surface area (Å²) < 4.78 is 5.58. The van der Waals surface area contributed by atoms with Gasteiger partial charge in [-0.25, -0.2) is 0 Å². The molecular formula is C13H25NO. The van der Waals surface area contributed by atoms with Crippen LogP contribution in [0.3, 0.4) is 0 Å². The van der Waals surface area contributed by atoms with Gasteiger partial charge < -0.3 is 10.1 Å². The van der Waals surface area contributed by atoms with Crippen molar-refractivity contribution in [3.63, 3.8) is 0 Å². The van der Waals surface area contributed by atoms with Crippen molar-refractivity contribution in [1.29, 1.82) is 0 Å². The molecule has 0 aromatic rings. The zero-order valence-corrected chi connectivity index (χ0v) is 10.0. The van der Waals surface area contributed by atoms with Crippen LogP contribution in [-0.4, -0.2) is 25.3 Å². The van der Waals surface area contributed by atoms with E-state index in [1.54, 1.807) is 0 Å². The lowest BCUT2D eigenvalue weighted by Crippen LogP contribution is -2.48. The van der Waals surface area contributed by atoms with E-state index < -0.39 is 0 Å². The molecule has 0 heterocycles. The molecule has 2 fully saturated rings. The molecule has 0 aromatic carbocycles. The topological polar surface area (TPSA) is 21.3 Å². The zero-order chi connectivity index (χ0) is 10.5. The van der Waals surface area contributed by atoms with Crippen LogP contribution >= 0.6 is 0 Å². The van der Waals surface area contributed by atoms with E-state index in [4.69, 9.17) is 4.74 Å². The summed E-state index contributed by atoms with van der Waals surface area (Å²) in [6.45, 7) is 0. The lowest BCUT2D eigenvalue weighted by Gasteiger charge is -2.35. The number of methoxy groups -OCH3 is 1. The van der Waals surface area contributed by atoms with Crippen LogP contribution in [0.2, 0.25) is 0 Å². The first-order chi connectivity index (χ1) is 7.40. The maximum atomic E-state index is 5.58. The predicted molar refractivity (Wildman–Crippen MR) is 63.1 cm³/mol. The van der Waals surface area contributed by atoms with Crippen molar-refractivity contribution in [3.8, 4) is 0 Å². The molecule has 0 saturated heterocycles. The first kappa shape index (κ1) is 11.4. The Balaban J connectivity index is 1.79. The molecule has 88 valence electrons. The fourth-order valence-electron chi connectivity index (χ4n) is 3.14. The van der Waals surface area contributed by atoms with Gasteiger partial charge >= 0.3 is 0 Å². The van der Waals surface area contributed by atoms with Gasteiger partial charge in [0.25, 0.3) is 0 Å². The molecule has 2 saturated carbocycles. The minimum atomic E-state index is 0.473. The van der Waals surface area contributed by atoms with Crippen molar-refractivity contribution in [1.82, 2.24) is 5.32 Å². The van der Waals surface area contributed by atoms with Crippen molar-refractivity contribution >= 4 is 0 Å². The Morgan fingerprint density at radius 2 is 1.53 bits per heavy atom. The van der Waals surface area contributed by atoms with E-state index in [-0.39, 0.29) is 0 Å². The van der Waals surface area contributed by atoms with E-state index in [1.165, 1.54) is 57.8 Å². The van der Waals surface area contributed by atoms with Crippen molar-refractivity contribution < 1.29 is 4.74 Å². The largest absolute Gasteiger partial charge is 0.380 e. The molecule has 0 bridgehead atoms. The van der Waals surface area contributed by atoms with Crippen LogP contribution in [0.5, 0.6) is 0 Å². The van der Waals surface area contributed by atoms with Crippen LogP contribution in [0.4, 0.5) is 0 Å². The SMILES string of the molecule is COC1CCCCC1NC1CCCCC1. The molecule has 2 rings (SSSR count). The van der Waals surface area contributed by atoms with Gasteiger partial charge in [-0.3, -0.25) is 0 Å². The summed E-state index contributed by atoms with van der Waals surface area (Å²) in [4.78, 5) is 0. The van der Waals surface area contributed by atoms with Crippen LogP contribution in [0.1, 0.15) is 57.8 Å². The highest BCUT2D eigenvalue weighted by Crippen LogP contribution is 2.24. The Bertz CT molecular complexity index is 177. The van der Waals surface area contributed by atoms with Crippen LogP contribution in [0.25, 0.3) is 0 Å². The number of hydrogen-bond acceptors (Lipinski definition) is 2. The third-order valence-electron chi connectivity index (χ3n) is 4.06. The minimum absolute atomic E-state index is 0.473. The van der Waals surface area contributed by atoms with E-state index in [0.29, 0.717) is 12.1 Å². The van der Waals surface area contributed by atoms with Gasteiger partial charge in [-0.1, -0.05) is 32.1 Å². The summed E-state index contributed by atoms with van der Waals surface area (Å²) in [6.07, 6.45) is 12.8.